The molecule has 6 heteroatoms. The maximum atomic E-state index is 11.0. The van der Waals surface area contributed by atoms with Crippen LogP contribution in [0.1, 0.15) is 36.1 Å². The molecule has 0 atom stereocenters. The van der Waals surface area contributed by atoms with Crippen molar-refractivity contribution in [2.24, 2.45) is 5.73 Å². The molecule has 0 fully saturated rings. The van der Waals surface area contributed by atoms with Gasteiger partial charge in [-0.25, -0.2) is 14.8 Å². The number of carboxylic acid groups (broad SMARTS) is 1. The maximum absolute atomic E-state index is 11.0. The van der Waals surface area contributed by atoms with Crippen LogP contribution < -0.4 is 11.1 Å². The van der Waals surface area contributed by atoms with Crippen LogP contribution in [0.5, 0.6) is 0 Å². The maximum Gasteiger partial charge on any atom is 0.356 e. The largest absolute Gasteiger partial charge is 0.476 e. The molecule has 0 aliphatic carbocycles. The summed E-state index contributed by atoms with van der Waals surface area (Å²) in [7, 11) is 0. The monoisotopic (exact) mass is 224 g/mol. The van der Waals surface area contributed by atoms with E-state index >= 15 is 0 Å². The number of nitrogens with zero attached hydrogens (tertiary/aromatic N) is 2. The molecule has 0 radical (unpaired) electrons. The van der Waals surface area contributed by atoms with E-state index in [0.29, 0.717) is 24.6 Å². The second-order valence-corrected chi connectivity index (χ2v) is 3.67. The van der Waals surface area contributed by atoms with Gasteiger partial charge in [-0.05, 0) is 0 Å². The van der Waals surface area contributed by atoms with Crippen molar-refractivity contribution in [2.75, 3.05) is 18.4 Å². The smallest absolute Gasteiger partial charge is 0.356 e. The van der Waals surface area contributed by atoms with Crippen LogP contribution in [0.2, 0.25) is 0 Å². The van der Waals surface area contributed by atoms with Crippen molar-refractivity contribution in [1.29, 1.82) is 0 Å². The van der Waals surface area contributed by atoms with E-state index in [9.17, 15) is 4.79 Å². The number of nitrogens with two attached hydrogens (primary N) is 1. The SMILES string of the molecule is CC(C)c1ncc(NCCN)c(C(=O)O)n1. The first-order valence-corrected chi connectivity index (χ1v) is 5.10. The van der Waals surface area contributed by atoms with Gasteiger partial charge in [0.1, 0.15) is 5.82 Å². The Morgan fingerprint density at radius 1 is 1.62 bits per heavy atom. The minimum absolute atomic E-state index is 0.00727. The third kappa shape index (κ3) is 2.90. The Labute approximate surface area is 93.9 Å². The highest BCUT2D eigenvalue weighted by Crippen LogP contribution is 2.15. The number of anilines is 1. The van der Waals surface area contributed by atoms with Gasteiger partial charge in [0.15, 0.2) is 5.69 Å². The third-order valence-electron chi connectivity index (χ3n) is 1.99. The summed E-state index contributed by atoms with van der Waals surface area (Å²) in [5.41, 5.74) is 5.73. The lowest BCUT2D eigenvalue weighted by atomic mass is 10.2. The van der Waals surface area contributed by atoms with Crippen LogP contribution in [0.25, 0.3) is 0 Å². The van der Waals surface area contributed by atoms with E-state index in [0.717, 1.165) is 0 Å². The van der Waals surface area contributed by atoms with E-state index in [1.165, 1.54) is 6.20 Å². The number of carboxylic acids is 1. The molecule has 0 saturated carbocycles. The summed E-state index contributed by atoms with van der Waals surface area (Å²) in [6.45, 7) is 4.73. The molecule has 4 N–H and O–H groups in total. The van der Waals surface area contributed by atoms with Gasteiger partial charge < -0.3 is 16.2 Å². The van der Waals surface area contributed by atoms with Crippen molar-refractivity contribution >= 4 is 11.7 Å². The van der Waals surface area contributed by atoms with Gasteiger partial charge in [0.25, 0.3) is 0 Å². The lowest BCUT2D eigenvalue weighted by molar-refractivity contribution is 0.0691. The van der Waals surface area contributed by atoms with Crippen molar-refractivity contribution in [3.63, 3.8) is 0 Å². The Bertz CT molecular complexity index is 379. The Balaban J connectivity index is 3.04. The van der Waals surface area contributed by atoms with E-state index in [1.807, 2.05) is 13.8 Å². The fourth-order valence-electron chi connectivity index (χ4n) is 1.17. The summed E-state index contributed by atoms with van der Waals surface area (Å²) in [5.74, 6) is -0.443. The number of carbonyl (C=O) groups is 1. The van der Waals surface area contributed by atoms with Crippen molar-refractivity contribution in [1.82, 2.24) is 9.97 Å². The molecule has 1 heterocycles. The van der Waals surface area contributed by atoms with Crippen molar-refractivity contribution in [3.05, 3.63) is 17.7 Å². The normalized spacial score (nSPS) is 10.5. The predicted molar refractivity (Wildman–Crippen MR) is 60.6 cm³/mol. The number of rotatable bonds is 5. The topological polar surface area (TPSA) is 101 Å². The summed E-state index contributed by atoms with van der Waals surface area (Å²) in [6.07, 6.45) is 1.49. The van der Waals surface area contributed by atoms with E-state index in [1.54, 1.807) is 0 Å². The fraction of sp³-hybridized carbons (Fsp3) is 0.500. The van der Waals surface area contributed by atoms with Gasteiger partial charge in [0.2, 0.25) is 0 Å². The molecule has 1 aromatic rings. The molecule has 0 spiro atoms. The summed E-state index contributed by atoms with van der Waals surface area (Å²) in [6, 6.07) is 0. The van der Waals surface area contributed by atoms with Crippen LogP contribution in [-0.4, -0.2) is 34.1 Å². The van der Waals surface area contributed by atoms with Crippen LogP contribution >= 0.6 is 0 Å². The summed E-state index contributed by atoms with van der Waals surface area (Å²) in [5, 5.41) is 11.9. The number of hydrogen-bond donors (Lipinski definition) is 3. The molecule has 6 nitrogen and oxygen atoms in total. The van der Waals surface area contributed by atoms with E-state index < -0.39 is 5.97 Å². The first-order valence-electron chi connectivity index (χ1n) is 5.10. The van der Waals surface area contributed by atoms with Gasteiger partial charge in [-0.15, -0.1) is 0 Å². The molecule has 0 aliphatic rings. The van der Waals surface area contributed by atoms with Gasteiger partial charge >= 0.3 is 5.97 Å². The third-order valence-corrected chi connectivity index (χ3v) is 1.99. The quantitative estimate of drug-likeness (QED) is 0.679. The summed E-state index contributed by atoms with van der Waals surface area (Å²) >= 11 is 0. The van der Waals surface area contributed by atoms with Crippen molar-refractivity contribution in [2.45, 2.75) is 19.8 Å². The molecule has 1 rings (SSSR count). The summed E-state index contributed by atoms with van der Waals surface area (Å²) in [4.78, 5) is 19.1. The summed E-state index contributed by atoms with van der Waals surface area (Å²) < 4.78 is 0. The molecule has 0 amide bonds. The van der Waals surface area contributed by atoms with Gasteiger partial charge in [0, 0.05) is 19.0 Å². The Kier molecular flexibility index (Phi) is 4.19. The number of aromatic carboxylic acids is 1. The Hall–Kier alpha value is -1.69. The average Bonchev–Trinajstić information content (AvgIpc) is 2.25. The first-order chi connectivity index (χ1) is 7.56. The molecular weight excluding hydrogens is 208 g/mol. The zero-order valence-electron chi connectivity index (χ0n) is 9.40. The molecule has 0 unspecified atom stereocenters. The lowest BCUT2D eigenvalue weighted by Gasteiger charge is -2.10. The van der Waals surface area contributed by atoms with Crippen LogP contribution in [0.15, 0.2) is 6.20 Å². The van der Waals surface area contributed by atoms with Crippen LogP contribution in [0, 0.1) is 0 Å². The standard InChI is InChI=1S/C10H16N4O2/c1-6(2)9-13-5-7(12-4-3-11)8(14-9)10(15)16/h5-6,12H,3-4,11H2,1-2H3,(H,15,16). The van der Waals surface area contributed by atoms with E-state index in [4.69, 9.17) is 10.8 Å². The van der Waals surface area contributed by atoms with E-state index in [-0.39, 0.29) is 11.6 Å². The molecule has 16 heavy (non-hydrogen) atoms. The van der Waals surface area contributed by atoms with Gasteiger partial charge in [-0.1, -0.05) is 13.8 Å². The van der Waals surface area contributed by atoms with Crippen LogP contribution in [0.3, 0.4) is 0 Å². The Morgan fingerprint density at radius 3 is 2.81 bits per heavy atom. The molecule has 0 aliphatic heterocycles. The number of aromatic nitrogens is 2. The van der Waals surface area contributed by atoms with E-state index in [2.05, 4.69) is 15.3 Å². The molecule has 0 bridgehead atoms. The number of hydrogen-bond acceptors (Lipinski definition) is 5. The van der Waals surface area contributed by atoms with Crippen LogP contribution in [0.4, 0.5) is 5.69 Å². The van der Waals surface area contributed by atoms with Gasteiger partial charge in [-0.2, -0.15) is 0 Å². The van der Waals surface area contributed by atoms with Crippen molar-refractivity contribution < 1.29 is 9.90 Å². The predicted octanol–water partition coefficient (Wildman–Crippen LogP) is 0.669. The highest BCUT2D eigenvalue weighted by atomic mass is 16.4. The average molecular weight is 224 g/mol. The van der Waals surface area contributed by atoms with Crippen molar-refractivity contribution in [3.8, 4) is 0 Å². The second kappa shape index (κ2) is 5.41. The Morgan fingerprint density at radius 2 is 2.31 bits per heavy atom. The molecular formula is C10H16N4O2. The zero-order valence-corrected chi connectivity index (χ0v) is 9.40. The highest BCUT2D eigenvalue weighted by Gasteiger charge is 2.14. The highest BCUT2D eigenvalue weighted by molar-refractivity contribution is 5.91. The fourth-order valence-corrected chi connectivity index (χ4v) is 1.17. The van der Waals surface area contributed by atoms with Gasteiger partial charge in [-0.3, -0.25) is 0 Å². The van der Waals surface area contributed by atoms with Gasteiger partial charge in [0.05, 0.1) is 11.9 Å². The molecule has 1 aromatic heterocycles. The molecule has 88 valence electrons. The minimum Gasteiger partial charge on any atom is -0.476 e. The minimum atomic E-state index is -1.07. The number of nitrogens with one attached hydrogen (secondary N) is 1. The molecule has 0 aromatic carbocycles. The second-order valence-electron chi connectivity index (χ2n) is 3.67. The first kappa shape index (κ1) is 12.4. The van der Waals surface area contributed by atoms with Crippen LogP contribution in [-0.2, 0) is 0 Å². The zero-order chi connectivity index (χ0) is 12.1. The molecule has 0 saturated heterocycles. The lowest BCUT2D eigenvalue weighted by Crippen LogP contribution is -2.17.